The molecule has 1 aliphatic carbocycles. The van der Waals surface area contributed by atoms with Gasteiger partial charge in [0.15, 0.2) is 11.6 Å². The van der Waals surface area contributed by atoms with Gasteiger partial charge in [0.25, 0.3) is 0 Å². The molecule has 1 saturated carbocycles. The van der Waals surface area contributed by atoms with Crippen molar-refractivity contribution in [2.24, 2.45) is 0 Å². The molecule has 0 radical (unpaired) electrons. The van der Waals surface area contributed by atoms with Gasteiger partial charge in [0.2, 0.25) is 0 Å². The number of nitrogens with one attached hydrogen (secondary N) is 1. The predicted octanol–water partition coefficient (Wildman–Crippen LogP) is 3.90. The van der Waals surface area contributed by atoms with Gasteiger partial charge in [-0.25, -0.2) is 8.78 Å². The summed E-state index contributed by atoms with van der Waals surface area (Å²) in [6, 6.07) is 4.16. The van der Waals surface area contributed by atoms with Gasteiger partial charge in [0.05, 0.1) is 0 Å². The van der Waals surface area contributed by atoms with Crippen molar-refractivity contribution >= 4 is 11.8 Å². The van der Waals surface area contributed by atoms with Crippen LogP contribution in [-0.2, 0) is 0 Å². The third-order valence-corrected chi connectivity index (χ3v) is 5.29. The van der Waals surface area contributed by atoms with E-state index < -0.39 is 11.6 Å². The van der Waals surface area contributed by atoms with Gasteiger partial charge in [-0.1, -0.05) is 12.5 Å². The molecule has 1 unspecified atom stereocenters. The minimum Gasteiger partial charge on any atom is -0.309 e. The van der Waals surface area contributed by atoms with Crippen molar-refractivity contribution in [3.63, 3.8) is 0 Å². The van der Waals surface area contributed by atoms with Crippen molar-refractivity contribution in [3.8, 4) is 0 Å². The predicted molar refractivity (Wildman–Crippen MR) is 72.9 cm³/mol. The van der Waals surface area contributed by atoms with Crippen molar-refractivity contribution in [1.29, 1.82) is 0 Å². The van der Waals surface area contributed by atoms with E-state index in [4.69, 9.17) is 0 Å². The second-order valence-corrected chi connectivity index (χ2v) is 6.29. The fourth-order valence-electron chi connectivity index (χ4n) is 2.26. The Morgan fingerprint density at radius 2 is 2.06 bits per heavy atom. The molecular formula is C14H19F2NS. The zero-order valence-electron chi connectivity index (χ0n) is 10.8. The van der Waals surface area contributed by atoms with E-state index in [1.807, 2.05) is 18.7 Å². The van der Waals surface area contributed by atoms with Crippen molar-refractivity contribution < 1.29 is 8.78 Å². The molecule has 18 heavy (non-hydrogen) atoms. The van der Waals surface area contributed by atoms with Crippen molar-refractivity contribution in [1.82, 2.24) is 5.32 Å². The molecule has 0 aliphatic heterocycles. The van der Waals surface area contributed by atoms with E-state index in [1.54, 1.807) is 6.07 Å². The summed E-state index contributed by atoms with van der Waals surface area (Å²) in [6.45, 7) is 2.91. The topological polar surface area (TPSA) is 12.0 Å². The van der Waals surface area contributed by atoms with Crippen molar-refractivity contribution in [2.45, 2.75) is 37.0 Å². The fourth-order valence-corrected chi connectivity index (χ4v) is 3.19. The monoisotopic (exact) mass is 271 g/mol. The minimum absolute atomic E-state index is 0.0460. The van der Waals surface area contributed by atoms with Crippen LogP contribution in [0, 0.1) is 11.6 Å². The van der Waals surface area contributed by atoms with Gasteiger partial charge >= 0.3 is 0 Å². The SMILES string of the molecule is CSC1(CNC(C)c2ccc(F)c(F)c2)CCC1. The molecule has 100 valence electrons. The normalized spacial score (nSPS) is 19.3. The Bertz CT molecular complexity index is 413. The lowest BCUT2D eigenvalue weighted by Crippen LogP contribution is -2.44. The zero-order chi connectivity index (χ0) is 13.2. The fraction of sp³-hybridized carbons (Fsp3) is 0.571. The van der Waals surface area contributed by atoms with Crippen LogP contribution >= 0.6 is 11.8 Å². The lowest BCUT2D eigenvalue weighted by molar-refractivity contribution is 0.334. The first-order valence-electron chi connectivity index (χ1n) is 6.30. The van der Waals surface area contributed by atoms with Gasteiger partial charge in [-0.3, -0.25) is 0 Å². The van der Waals surface area contributed by atoms with E-state index in [-0.39, 0.29) is 6.04 Å². The number of halogens is 2. The van der Waals surface area contributed by atoms with Crippen LogP contribution in [0.4, 0.5) is 8.78 Å². The second kappa shape index (κ2) is 5.57. The minimum atomic E-state index is -0.787. The first-order valence-corrected chi connectivity index (χ1v) is 7.52. The molecule has 0 saturated heterocycles. The van der Waals surface area contributed by atoms with Crippen LogP contribution in [0.25, 0.3) is 0 Å². The highest BCUT2D eigenvalue weighted by atomic mass is 32.2. The summed E-state index contributed by atoms with van der Waals surface area (Å²) < 4.78 is 26.4. The van der Waals surface area contributed by atoms with E-state index in [1.165, 1.54) is 31.4 Å². The highest BCUT2D eigenvalue weighted by Gasteiger charge is 2.35. The van der Waals surface area contributed by atoms with Crippen LogP contribution in [0.2, 0.25) is 0 Å². The number of thioether (sulfide) groups is 1. The van der Waals surface area contributed by atoms with Gasteiger partial charge in [-0.2, -0.15) is 11.8 Å². The summed E-state index contributed by atoms with van der Waals surface area (Å²) in [6.07, 6.45) is 5.92. The molecule has 0 amide bonds. The van der Waals surface area contributed by atoms with Gasteiger partial charge < -0.3 is 5.32 Å². The summed E-state index contributed by atoms with van der Waals surface area (Å²) in [4.78, 5) is 0. The van der Waals surface area contributed by atoms with E-state index in [9.17, 15) is 8.78 Å². The van der Waals surface area contributed by atoms with Crippen LogP contribution < -0.4 is 5.32 Å². The van der Waals surface area contributed by atoms with Crippen LogP contribution in [0.15, 0.2) is 18.2 Å². The second-order valence-electron chi connectivity index (χ2n) is 5.02. The Balaban J connectivity index is 1.94. The molecular weight excluding hydrogens is 252 g/mol. The highest BCUT2D eigenvalue weighted by Crippen LogP contribution is 2.42. The standard InChI is InChI=1S/C14H19F2NS/c1-10(11-4-5-12(15)13(16)8-11)17-9-14(18-2)6-3-7-14/h4-5,8,10,17H,3,6-7,9H2,1-2H3. The van der Waals surface area contributed by atoms with Crippen LogP contribution in [0.3, 0.4) is 0 Å². The smallest absolute Gasteiger partial charge is 0.159 e. The molecule has 1 aliphatic rings. The molecule has 0 aromatic heterocycles. The Morgan fingerprint density at radius 1 is 1.33 bits per heavy atom. The third kappa shape index (κ3) is 2.86. The largest absolute Gasteiger partial charge is 0.309 e. The Hall–Kier alpha value is -0.610. The molecule has 1 atom stereocenters. The van der Waals surface area contributed by atoms with Gasteiger partial charge in [0.1, 0.15) is 0 Å². The van der Waals surface area contributed by atoms with Crippen molar-refractivity contribution in [2.75, 3.05) is 12.8 Å². The molecule has 1 N–H and O–H groups in total. The van der Waals surface area contributed by atoms with E-state index in [0.29, 0.717) is 4.75 Å². The maximum Gasteiger partial charge on any atom is 0.159 e. The molecule has 1 nitrogen and oxygen atoms in total. The molecule has 0 spiro atoms. The lowest BCUT2D eigenvalue weighted by atomic mass is 9.84. The number of rotatable bonds is 5. The number of hydrogen-bond acceptors (Lipinski definition) is 2. The maximum absolute atomic E-state index is 13.2. The van der Waals surface area contributed by atoms with Gasteiger partial charge in [0, 0.05) is 17.3 Å². The Morgan fingerprint density at radius 3 is 2.56 bits per heavy atom. The Labute approximate surface area is 111 Å². The molecule has 0 bridgehead atoms. The van der Waals surface area contributed by atoms with Crippen LogP contribution in [-0.4, -0.2) is 17.5 Å². The summed E-state index contributed by atoms with van der Waals surface area (Å²) in [7, 11) is 0. The average molecular weight is 271 g/mol. The molecule has 1 aromatic carbocycles. The highest BCUT2D eigenvalue weighted by molar-refractivity contribution is 8.00. The van der Waals surface area contributed by atoms with Crippen molar-refractivity contribution in [3.05, 3.63) is 35.4 Å². The van der Waals surface area contributed by atoms with Crippen LogP contribution in [0.1, 0.15) is 37.8 Å². The first kappa shape index (κ1) is 13.8. The lowest BCUT2D eigenvalue weighted by Gasteiger charge is -2.41. The number of benzene rings is 1. The van der Waals surface area contributed by atoms with E-state index in [2.05, 4.69) is 11.6 Å². The quantitative estimate of drug-likeness (QED) is 0.871. The van der Waals surface area contributed by atoms with E-state index in [0.717, 1.165) is 12.1 Å². The first-order chi connectivity index (χ1) is 8.56. The summed E-state index contributed by atoms with van der Waals surface area (Å²) >= 11 is 1.91. The van der Waals surface area contributed by atoms with Gasteiger partial charge in [-0.15, -0.1) is 0 Å². The molecule has 4 heteroatoms. The molecule has 2 rings (SSSR count). The Kier molecular flexibility index (Phi) is 4.28. The zero-order valence-corrected chi connectivity index (χ0v) is 11.6. The van der Waals surface area contributed by atoms with Crippen LogP contribution in [0.5, 0.6) is 0 Å². The van der Waals surface area contributed by atoms with Gasteiger partial charge in [-0.05, 0) is 43.7 Å². The summed E-state index contributed by atoms with van der Waals surface area (Å²) in [5.41, 5.74) is 0.796. The summed E-state index contributed by atoms with van der Waals surface area (Å²) in [5.74, 6) is -1.56. The molecule has 1 fully saturated rings. The molecule has 1 aromatic rings. The summed E-state index contributed by atoms with van der Waals surface area (Å²) in [5, 5.41) is 3.43. The maximum atomic E-state index is 13.2. The average Bonchev–Trinajstić information content (AvgIpc) is 2.31. The number of hydrogen-bond donors (Lipinski definition) is 1. The van der Waals surface area contributed by atoms with E-state index >= 15 is 0 Å². The third-order valence-electron chi connectivity index (χ3n) is 3.87. The molecule has 0 heterocycles.